The van der Waals surface area contributed by atoms with Crippen LogP contribution < -0.4 is 14.8 Å². The number of hydrogen-bond acceptors (Lipinski definition) is 5. The number of ether oxygens (including phenoxy) is 3. The fourth-order valence-electron chi connectivity index (χ4n) is 3.44. The minimum absolute atomic E-state index is 0.0347. The zero-order chi connectivity index (χ0) is 28.8. The Morgan fingerprint density at radius 2 is 1.62 bits per heavy atom. The number of carbonyl (C=O) groups is 2. The minimum Gasteiger partial charge on any atom is -0.493 e. The Balaban J connectivity index is 1.85. The zero-order valence-electron chi connectivity index (χ0n) is 21.3. The third-order valence-electron chi connectivity index (χ3n) is 5.27. The minimum atomic E-state index is -4.53. The van der Waals surface area contributed by atoms with Gasteiger partial charge in [0.2, 0.25) is 0 Å². The lowest BCUT2D eigenvalue weighted by Crippen LogP contribution is -2.45. The van der Waals surface area contributed by atoms with E-state index in [1.807, 2.05) is 5.32 Å². The van der Waals surface area contributed by atoms with Crippen LogP contribution >= 0.6 is 23.2 Å². The molecule has 0 aliphatic heterocycles. The molecule has 1 unspecified atom stereocenters. The molecule has 13 heteroatoms. The van der Waals surface area contributed by atoms with Crippen LogP contribution in [0.25, 0.3) is 0 Å². The van der Waals surface area contributed by atoms with Gasteiger partial charge >= 0.3 is 18.2 Å². The predicted molar refractivity (Wildman–Crippen MR) is 141 cm³/mol. The van der Waals surface area contributed by atoms with Gasteiger partial charge in [-0.25, -0.2) is 9.59 Å². The van der Waals surface area contributed by atoms with Crippen LogP contribution in [0, 0.1) is 0 Å². The Labute approximate surface area is 234 Å². The molecule has 8 nitrogen and oxygen atoms in total. The van der Waals surface area contributed by atoms with Gasteiger partial charge in [0.25, 0.3) is 0 Å². The largest absolute Gasteiger partial charge is 0.493 e. The van der Waals surface area contributed by atoms with Gasteiger partial charge in [-0.2, -0.15) is 13.2 Å². The molecule has 2 aromatic rings. The van der Waals surface area contributed by atoms with Gasteiger partial charge in [0.05, 0.1) is 13.2 Å². The SMILES string of the molecule is CCOC(Cc1ccc(OCCN(CCCCOc2cc(Cl)cc(Cl)c2)C(=O)NCC(F)(F)F)cc1)C(=O)O. The molecule has 0 bridgehead atoms. The number of amides is 2. The van der Waals surface area contributed by atoms with Gasteiger partial charge in [0.1, 0.15) is 24.7 Å². The number of aliphatic carboxylic acids is 1. The molecular weight excluding hydrogens is 564 g/mol. The molecular formula is C26H31Cl2F3N2O6. The lowest BCUT2D eigenvalue weighted by atomic mass is 10.1. The first-order chi connectivity index (χ1) is 18.5. The Morgan fingerprint density at radius 3 is 2.21 bits per heavy atom. The van der Waals surface area contributed by atoms with E-state index in [-0.39, 0.29) is 32.7 Å². The Kier molecular flexibility index (Phi) is 13.5. The molecule has 0 saturated heterocycles. The summed E-state index contributed by atoms with van der Waals surface area (Å²) in [5, 5.41) is 11.9. The molecule has 2 rings (SSSR count). The number of urea groups is 1. The summed E-state index contributed by atoms with van der Waals surface area (Å²) >= 11 is 11.9. The molecule has 1 atom stereocenters. The smallest absolute Gasteiger partial charge is 0.405 e. The van der Waals surface area contributed by atoms with Gasteiger partial charge in [0.15, 0.2) is 6.10 Å². The first-order valence-corrected chi connectivity index (χ1v) is 13.0. The summed E-state index contributed by atoms with van der Waals surface area (Å²) in [5.41, 5.74) is 0.735. The standard InChI is InChI=1S/C26H31Cl2F3N2O6/c1-2-37-23(24(34)35)13-18-5-7-21(8-6-18)39-12-10-33(25(36)32-17-26(29,30)31)9-3-4-11-38-22-15-19(27)14-20(28)16-22/h5-8,14-16,23H,2-4,9-13,17H2,1H3,(H,32,36)(H,34,35). The summed E-state index contributed by atoms with van der Waals surface area (Å²) in [5.74, 6) is -0.101. The van der Waals surface area contributed by atoms with E-state index in [2.05, 4.69) is 0 Å². The number of nitrogens with zero attached hydrogens (tertiary/aromatic N) is 1. The maximum atomic E-state index is 12.6. The number of carboxylic acids is 1. The summed E-state index contributed by atoms with van der Waals surface area (Å²) in [4.78, 5) is 24.9. The summed E-state index contributed by atoms with van der Waals surface area (Å²) in [6.45, 7) is 1.10. The van der Waals surface area contributed by atoms with Crippen LogP contribution in [0.15, 0.2) is 42.5 Å². The Hall–Kier alpha value is -2.89. The summed E-state index contributed by atoms with van der Waals surface area (Å²) in [7, 11) is 0. The molecule has 0 saturated carbocycles. The Morgan fingerprint density at radius 1 is 0.974 bits per heavy atom. The van der Waals surface area contributed by atoms with Crippen molar-refractivity contribution < 1.29 is 42.1 Å². The third kappa shape index (κ3) is 13.1. The second kappa shape index (κ2) is 16.3. The van der Waals surface area contributed by atoms with Crippen molar-refractivity contribution in [1.29, 1.82) is 0 Å². The first-order valence-electron chi connectivity index (χ1n) is 12.2. The molecule has 39 heavy (non-hydrogen) atoms. The normalized spacial score (nSPS) is 12.1. The summed E-state index contributed by atoms with van der Waals surface area (Å²) in [6.07, 6.45) is -4.32. The van der Waals surface area contributed by atoms with Crippen molar-refractivity contribution in [2.75, 3.05) is 39.5 Å². The summed E-state index contributed by atoms with van der Waals surface area (Å²) < 4.78 is 54.2. The molecule has 0 aliphatic rings. The fourth-order valence-corrected chi connectivity index (χ4v) is 3.94. The van der Waals surface area contributed by atoms with Crippen molar-refractivity contribution in [3.8, 4) is 11.5 Å². The van der Waals surface area contributed by atoms with Crippen LogP contribution in [0.1, 0.15) is 25.3 Å². The lowest BCUT2D eigenvalue weighted by molar-refractivity contribution is -0.150. The van der Waals surface area contributed by atoms with E-state index in [9.17, 15) is 27.9 Å². The van der Waals surface area contributed by atoms with E-state index in [4.69, 9.17) is 37.4 Å². The molecule has 2 amide bonds. The molecule has 2 N–H and O–H groups in total. The van der Waals surface area contributed by atoms with Gasteiger partial charge in [-0.3, -0.25) is 0 Å². The van der Waals surface area contributed by atoms with E-state index >= 15 is 0 Å². The maximum Gasteiger partial charge on any atom is 0.405 e. The van der Waals surface area contributed by atoms with Crippen molar-refractivity contribution >= 4 is 35.2 Å². The number of rotatable bonds is 16. The maximum absolute atomic E-state index is 12.6. The van der Waals surface area contributed by atoms with Crippen molar-refractivity contribution in [3.05, 3.63) is 58.1 Å². The highest BCUT2D eigenvalue weighted by atomic mass is 35.5. The number of hydrogen-bond donors (Lipinski definition) is 2. The van der Waals surface area contributed by atoms with Gasteiger partial charge in [0, 0.05) is 29.6 Å². The molecule has 0 aromatic heterocycles. The number of nitrogens with one attached hydrogen (secondary N) is 1. The molecule has 0 fully saturated rings. The van der Waals surface area contributed by atoms with E-state index in [0.717, 1.165) is 5.56 Å². The van der Waals surface area contributed by atoms with E-state index in [1.165, 1.54) is 4.90 Å². The second-order valence-corrected chi connectivity index (χ2v) is 9.27. The first kappa shape index (κ1) is 32.3. The van der Waals surface area contributed by atoms with Gasteiger partial charge < -0.3 is 29.5 Å². The van der Waals surface area contributed by atoms with Crippen molar-refractivity contribution in [2.24, 2.45) is 0 Å². The molecule has 0 heterocycles. The van der Waals surface area contributed by atoms with Crippen LogP contribution in [0.2, 0.25) is 10.0 Å². The quantitative estimate of drug-likeness (QED) is 0.237. The van der Waals surface area contributed by atoms with Crippen molar-refractivity contribution in [2.45, 2.75) is 38.5 Å². The average Bonchev–Trinajstić information content (AvgIpc) is 2.85. The monoisotopic (exact) mass is 594 g/mol. The second-order valence-electron chi connectivity index (χ2n) is 8.40. The number of unbranched alkanes of at least 4 members (excludes halogenated alkanes) is 1. The highest BCUT2D eigenvalue weighted by Gasteiger charge is 2.28. The fraction of sp³-hybridized carbons (Fsp3) is 0.462. The molecule has 0 spiro atoms. The predicted octanol–water partition coefficient (Wildman–Crippen LogP) is 5.84. The van der Waals surface area contributed by atoms with E-state index in [0.29, 0.717) is 41.0 Å². The highest BCUT2D eigenvalue weighted by molar-refractivity contribution is 6.34. The van der Waals surface area contributed by atoms with E-state index in [1.54, 1.807) is 49.4 Å². The van der Waals surface area contributed by atoms with Gasteiger partial charge in [-0.1, -0.05) is 35.3 Å². The number of carboxylic acid groups (broad SMARTS) is 1. The molecule has 0 radical (unpaired) electrons. The average molecular weight is 595 g/mol. The topological polar surface area (TPSA) is 97.3 Å². The molecule has 2 aromatic carbocycles. The van der Waals surface area contributed by atoms with Gasteiger partial charge in [-0.05, 0) is 55.7 Å². The number of alkyl halides is 3. The number of carbonyl (C=O) groups excluding carboxylic acids is 1. The van der Waals surface area contributed by atoms with Crippen molar-refractivity contribution in [1.82, 2.24) is 10.2 Å². The van der Waals surface area contributed by atoms with Crippen LogP contribution in [0.5, 0.6) is 11.5 Å². The van der Waals surface area contributed by atoms with E-state index < -0.39 is 30.8 Å². The summed E-state index contributed by atoms with van der Waals surface area (Å²) in [6, 6.07) is 10.6. The van der Waals surface area contributed by atoms with Gasteiger partial charge in [-0.15, -0.1) is 0 Å². The lowest BCUT2D eigenvalue weighted by Gasteiger charge is -2.23. The van der Waals surface area contributed by atoms with Crippen molar-refractivity contribution in [3.63, 3.8) is 0 Å². The van der Waals surface area contributed by atoms with Crippen LogP contribution in [-0.4, -0.2) is 73.7 Å². The third-order valence-corrected chi connectivity index (χ3v) is 5.71. The molecule has 216 valence electrons. The molecule has 0 aliphatic carbocycles. The number of benzene rings is 2. The Bertz CT molecular complexity index is 1040. The zero-order valence-corrected chi connectivity index (χ0v) is 22.8. The van der Waals surface area contributed by atoms with Crippen LogP contribution in [-0.2, 0) is 16.0 Å². The highest BCUT2D eigenvalue weighted by Crippen LogP contribution is 2.24. The number of halogens is 5. The van der Waals surface area contributed by atoms with Crippen LogP contribution in [0.3, 0.4) is 0 Å². The van der Waals surface area contributed by atoms with Crippen LogP contribution in [0.4, 0.5) is 18.0 Å².